The molecule has 8 heteroatoms. The van der Waals surface area contributed by atoms with Crippen molar-refractivity contribution >= 4 is 11.8 Å². The summed E-state index contributed by atoms with van der Waals surface area (Å²) in [6.07, 6.45) is 3.58. The zero-order valence-corrected chi connectivity index (χ0v) is 14.9. The van der Waals surface area contributed by atoms with Crippen molar-refractivity contribution in [3.05, 3.63) is 36.2 Å². The van der Waals surface area contributed by atoms with Crippen molar-refractivity contribution in [1.82, 2.24) is 19.7 Å². The molecular formula is C18H23N5O3. The molecule has 1 spiro atoms. The number of aromatic nitrogens is 3. The second kappa shape index (κ2) is 7.05. The molecule has 8 nitrogen and oxygen atoms in total. The summed E-state index contributed by atoms with van der Waals surface area (Å²) in [5.74, 6) is 1.27. The number of urea groups is 1. The third kappa shape index (κ3) is 3.42. The number of anilines is 1. The van der Waals surface area contributed by atoms with Crippen LogP contribution in [-0.4, -0.2) is 64.2 Å². The zero-order valence-electron chi connectivity index (χ0n) is 14.9. The molecule has 1 atom stereocenters. The number of nitrogens with zero attached hydrogens (tertiary/aromatic N) is 4. The van der Waals surface area contributed by atoms with E-state index < -0.39 is 0 Å². The van der Waals surface area contributed by atoms with E-state index in [1.165, 1.54) is 0 Å². The van der Waals surface area contributed by atoms with Crippen molar-refractivity contribution < 1.29 is 14.3 Å². The first-order valence-corrected chi connectivity index (χ1v) is 8.91. The maximum Gasteiger partial charge on any atom is 0.323 e. The number of ether oxygens (including phenoxy) is 2. The van der Waals surface area contributed by atoms with Crippen molar-refractivity contribution in [2.75, 3.05) is 38.2 Å². The average Bonchev–Trinajstić information content (AvgIpc) is 3.03. The Hall–Kier alpha value is -2.45. The van der Waals surface area contributed by atoms with Crippen LogP contribution in [0, 0.1) is 6.92 Å². The van der Waals surface area contributed by atoms with E-state index in [2.05, 4.69) is 15.4 Å². The third-order valence-corrected chi connectivity index (χ3v) is 4.75. The summed E-state index contributed by atoms with van der Waals surface area (Å²) in [7, 11) is 0. The van der Waals surface area contributed by atoms with Gasteiger partial charge in [-0.3, -0.25) is 5.32 Å². The number of carbonyl (C=O) groups is 1. The van der Waals surface area contributed by atoms with Gasteiger partial charge >= 0.3 is 6.03 Å². The van der Waals surface area contributed by atoms with Crippen LogP contribution in [0.3, 0.4) is 0 Å². The number of carbonyl (C=O) groups excluding carboxylic acids is 1. The van der Waals surface area contributed by atoms with E-state index in [0.29, 0.717) is 37.9 Å². The molecule has 2 aliphatic rings. The second-order valence-electron chi connectivity index (χ2n) is 6.81. The number of hydrogen-bond donors (Lipinski definition) is 1. The molecule has 2 aromatic heterocycles. The Labute approximate surface area is 152 Å². The van der Waals surface area contributed by atoms with E-state index in [0.717, 1.165) is 25.1 Å². The Morgan fingerprint density at radius 3 is 3.04 bits per heavy atom. The van der Waals surface area contributed by atoms with E-state index in [1.807, 2.05) is 31.2 Å². The second-order valence-corrected chi connectivity index (χ2v) is 6.81. The lowest BCUT2D eigenvalue weighted by Crippen LogP contribution is -2.58. The summed E-state index contributed by atoms with van der Waals surface area (Å²) in [5.41, 5.74) is 0.440. The molecule has 4 rings (SSSR count). The fraction of sp³-hybridized carbons (Fsp3) is 0.500. The molecule has 0 bridgehead atoms. The van der Waals surface area contributed by atoms with E-state index in [-0.39, 0.29) is 11.6 Å². The van der Waals surface area contributed by atoms with Gasteiger partial charge in [-0.1, -0.05) is 6.07 Å². The number of aryl methyl sites for hydroxylation is 1. The molecule has 2 aliphatic heterocycles. The molecule has 0 radical (unpaired) electrons. The minimum atomic E-state index is -0.370. The lowest BCUT2D eigenvalue weighted by molar-refractivity contribution is -0.159. The van der Waals surface area contributed by atoms with Gasteiger partial charge in [0.1, 0.15) is 11.4 Å². The Morgan fingerprint density at radius 2 is 2.27 bits per heavy atom. The predicted octanol–water partition coefficient (Wildman–Crippen LogP) is 1.99. The van der Waals surface area contributed by atoms with Crippen LogP contribution < -0.4 is 5.32 Å². The molecule has 0 aromatic carbocycles. The average molecular weight is 357 g/mol. The normalized spacial score (nSPS) is 23.2. The molecule has 138 valence electrons. The van der Waals surface area contributed by atoms with Gasteiger partial charge in [-0.05, 0) is 31.9 Å². The predicted molar refractivity (Wildman–Crippen MR) is 95.4 cm³/mol. The van der Waals surface area contributed by atoms with Crippen LogP contribution in [0.4, 0.5) is 10.6 Å². The molecule has 0 saturated carbocycles. The number of amides is 2. The van der Waals surface area contributed by atoms with Gasteiger partial charge in [0.2, 0.25) is 0 Å². The molecular weight excluding hydrogens is 334 g/mol. The highest BCUT2D eigenvalue weighted by molar-refractivity contribution is 5.89. The van der Waals surface area contributed by atoms with Gasteiger partial charge in [0, 0.05) is 25.4 Å². The van der Waals surface area contributed by atoms with Crippen molar-refractivity contribution in [2.45, 2.75) is 25.4 Å². The SMILES string of the molecule is Cc1cc(NC(=O)N2CCOC3(CCCOC3)C2)n(-c2ccccn2)n1. The molecule has 2 saturated heterocycles. The number of pyridine rings is 1. The molecule has 26 heavy (non-hydrogen) atoms. The van der Waals surface area contributed by atoms with Crippen LogP contribution in [0.15, 0.2) is 30.5 Å². The van der Waals surface area contributed by atoms with Gasteiger partial charge in [0.05, 0.1) is 25.5 Å². The maximum absolute atomic E-state index is 12.8. The highest BCUT2D eigenvalue weighted by Gasteiger charge is 2.40. The van der Waals surface area contributed by atoms with Crippen LogP contribution in [0.1, 0.15) is 18.5 Å². The van der Waals surface area contributed by atoms with Crippen LogP contribution >= 0.6 is 0 Å². The molecule has 1 unspecified atom stereocenters. The molecule has 2 aromatic rings. The van der Waals surface area contributed by atoms with Crippen LogP contribution in [0.25, 0.3) is 5.82 Å². The fourth-order valence-corrected chi connectivity index (χ4v) is 3.51. The lowest BCUT2D eigenvalue weighted by Gasteiger charge is -2.44. The summed E-state index contributed by atoms with van der Waals surface area (Å²) < 4.78 is 13.2. The molecule has 0 aliphatic carbocycles. The van der Waals surface area contributed by atoms with Crippen LogP contribution in [-0.2, 0) is 9.47 Å². The van der Waals surface area contributed by atoms with E-state index in [9.17, 15) is 4.79 Å². The van der Waals surface area contributed by atoms with Gasteiger partial charge in [-0.15, -0.1) is 0 Å². The van der Waals surface area contributed by atoms with E-state index >= 15 is 0 Å². The monoisotopic (exact) mass is 357 g/mol. The van der Waals surface area contributed by atoms with Crippen LogP contribution in [0.5, 0.6) is 0 Å². The van der Waals surface area contributed by atoms with Crippen molar-refractivity contribution in [3.8, 4) is 5.82 Å². The highest BCUT2D eigenvalue weighted by atomic mass is 16.5. The first-order chi connectivity index (χ1) is 12.7. The van der Waals surface area contributed by atoms with Crippen molar-refractivity contribution in [1.29, 1.82) is 0 Å². The van der Waals surface area contributed by atoms with Crippen molar-refractivity contribution in [2.24, 2.45) is 0 Å². The summed E-state index contributed by atoms with van der Waals surface area (Å²) in [5, 5.41) is 7.41. The first-order valence-electron chi connectivity index (χ1n) is 8.91. The number of morpholine rings is 1. The standard InChI is InChI=1S/C18H23N5O3/c1-14-11-16(23(21-14)15-5-2-3-7-19-15)20-17(24)22-8-10-26-18(12-22)6-4-9-25-13-18/h2-3,5,7,11H,4,6,8-10,12-13H2,1H3,(H,20,24). The Kier molecular flexibility index (Phi) is 4.60. The van der Waals surface area contributed by atoms with E-state index in [4.69, 9.17) is 9.47 Å². The molecule has 2 amide bonds. The molecule has 4 heterocycles. The maximum atomic E-state index is 12.8. The lowest BCUT2D eigenvalue weighted by atomic mass is 9.94. The summed E-state index contributed by atoms with van der Waals surface area (Å²) in [6.45, 7) is 4.81. The quantitative estimate of drug-likeness (QED) is 0.889. The minimum Gasteiger partial charge on any atom is -0.378 e. The minimum absolute atomic E-state index is 0.157. The summed E-state index contributed by atoms with van der Waals surface area (Å²) >= 11 is 0. The summed E-state index contributed by atoms with van der Waals surface area (Å²) in [6, 6.07) is 7.27. The van der Waals surface area contributed by atoms with Gasteiger partial charge < -0.3 is 14.4 Å². The van der Waals surface area contributed by atoms with Gasteiger partial charge in [0.25, 0.3) is 0 Å². The Balaban J connectivity index is 1.50. The Bertz CT molecular complexity index is 765. The third-order valence-electron chi connectivity index (χ3n) is 4.75. The Morgan fingerprint density at radius 1 is 1.35 bits per heavy atom. The fourth-order valence-electron chi connectivity index (χ4n) is 3.51. The highest BCUT2D eigenvalue weighted by Crippen LogP contribution is 2.28. The van der Waals surface area contributed by atoms with E-state index in [1.54, 1.807) is 15.8 Å². The smallest absolute Gasteiger partial charge is 0.323 e. The molecule has 2 fully saturated rings. The summed E-state index contributed by atoms with van der Waals surface area (Å²) in [4.78, 5) is 18.9. The topological polar surface area (TPSA) is 81.5 Å². The number of nitrogens with one attached hydrogen (secondary N) is 1. The first kappa shape index (κ1) is 17.0. The van der Waals surface area contributed by atoms with Gasteiger partial charge in [0.15, 0.2) is 5.82 Å². The largest absolute Gasteiger partial charge is 0.378 e. The number of rotatable bonds is 2. The molecule has 1 N–H and O–H groups in total. The number of hydrogen-bond acceptors (Lipinski definition) is 5. The van der Waals surface area contributed by atoms with Crippen molar-refractivity contribution in [3.63, 3.8) is 0 Å². The van der Waals surface area contributed by atoms with Gasteiger partial charge in [-0.25, -0.2) is 9.78 Å². The van der Waals surface area contributed by atoms with Crippen LogP contribution in [0.2, 0.25) is 0 Å². The zero-order chi connectivity index (χ0) is 18.0. The van der Waals surface area contributed by atoms with Gasteiger partial charge in [-0.2, -0.15) is 9.78 Å².